The molecular formula is C13H20N6. The van der Waals surface area contributed by atoms with Crippen LogP contribution in [-0.4, -0.2) is 39.6 Å². The zero-order valence-corrected chi connectivity index (χ0v) is 11.6. The molecule has 6 nitrogen and oxygen atoms in total. The predicted octanol–water partition coefficient (Wildman–Crippen LogP) is 2.02. The molecule has 3 rings (SSSR count). The lowest BCUT2D eigenvalue weighted by molar-refractivity contribution is 0.638. The van der Waals surface area contributed by atoms with E-state index in [4.69, 9.17) is 0 Å². The number of aromatic amines is 1. The zero-order chi connectivity index (χ0) is 13.4. The van der Waals surface area contributed by atoms with Crippen LogP contribution in [0.2, 0.25) is 0 Å². The number of rotatable bonds is 5. The van der Waals surface area contributed by atoms with Crippen molar-refractivity contribution in [3.63, 3.8) is 0 Å². The Morgan fingerprint density at radius 1 is 1.42 bits per heavy atom. The van der Waals surface area contributed by atoms with Crippen molar-refractivity contribution in [1.82, 2.24) is 19.9 Å². The Morgan fingerprint density at radius 2 is 2.21 bits per heavy atom. The van der Waals surface area contributed by atoms with Crippen molar-refractivity contribution in [2.75, 3.05) is 23.8 Å². The van der Waals surface area contributed by atoms with E-state index in [9.17, 15) is 0 Å². The zero-order valence-electron chi connectivity index (χ0n) is 11.6. The van der Waals surface area contributed by atoms with E-state index in [1.54, 1.807) is 6.33 Å². The lowest BCUT2D eigenvalue weighted by Crippen LogP contribution is -2.34. The highest BCUT2D eigenvalue weighted by Crippen LogP contribution is 2.33. The van der Waals surface area contributed by atoms with Crippen LogP contribution in [0.15, 0.2) is 6.33 Å². The molecule has 1 aliphatic carbocycles. The van der Waals surface area contributed by atoms with Crippen LogP contribution in [0.1, 0.15) is 26.7 Å². The third-order valence-electron chi connectivity index (χ3n) is 3.54. The molecule has 102 valence electrons. The average Bonchev–Trinajstić information content (AvgIpc) is 3.09. The second-order valence-electron chi connectivity index (χ2n) is 5.41. The van der Waals surface area contributed by atoms with Crippen molar-refractivity contribution in [1.29, 1.82) is 0 Å². The lowest BCUT2D eigenvalue weighted by Gasteiger charge is -2.28. The van der Waals surface area contributed by atoms with E-state index in [0.717, 1.165) is 29.4 Å². The van der Waals surface area contributed by atoms with Gasteiger partial charge in [-0.1, -0.05) is 0 Å². The van der Waals surface area contributed by atoms with Gasteiger partial charge in [0.1, 0.15) is 5.52 Å². The van der Waals surface area contributed by atoms with Crippen molar-refractivity contribution >= 4 is 22.9 Å². The van der Waals surface area contributed by atoms with Gasteiger partial charge < -0.3 is 15.2 Å². The maximum atomic E-state index is 4.63. The molecule has 0 atom stereocenters. The quantitative estimate of drug-likeness (QED) is 0.860. The van der Waals surface area contributed by atoms with Crippen LogP contribution in [0.25, 0.3) is 11.2 Å². The summed E-state index contributed by atoms with van der Waals surface area (Å²) < 4.78 is 0. The van der Waals surface area contributed by atoms with E-state index in [0.29, 0.717) is 12.0 Å². The van der Waals surface area contributed by atoms with Crippen LogP contribution >= 0.6 is 0 Å². The van der Waals surface area contributed by atoms with Crippen LogP contribution < -0.4 is 10.2 Å². The summed E-state index contributed by atoms with van der Waals surface area (Å²) in [6.45, 7) is 5.46. The fraction of sp³-hybridized carbons (Fsp3) is 0.615. The number of hydrogen-bond acceptors (Lipinski definition) is 5. The summed E-state index contributed by atoms with van der Waals surface area (Å²) >= 11 is 0. The summed E-state index contributed by atoms with van der Waals surface area (Å²) in [6, 6.07) is 0.409. The van der Waals surface area contributed by atoms with E-state index in [1.807, 2.05) is 7.05 Å². The molecule has 2 aromatic heterocycles. The fourth-order valence-corrected chi connectivity index (χ4v) is 2.26. The summed E-state index contributed by atoms with van der Waals surface area (Å²) in [5, 5.41) is 3.01. The molecule has 1 fully saturated rings. The highest BCUT2D eigenvalue weighted by atomic mass is 15.3. The van der Waals surface area contributed by atoms with Gasteiger partial charge in [0.05, 0.1) is 6.33 Å². The third-order valence-corrected chi connectivity index (χ3v) is 3.54. The largest absolute Gasteiger partial charge is 0.357 e. The van der Waals surface area contributed by atoms with E-state index < -0.39 is 0 Å². The first-order valence-electron chi connectivity index (χ1n) is 6.84. The molecule has 0 unspecified atom stereocenters. The van der Waals surface area contributed by atoms with Gasteiger partial charge in [0.25, 0.3) is 0 Å². The van der Waals surface area contributed by atoms with E-state index >= 15 is 0 Å². The number of aromatic nitrogens is 4. The minimum Gasteiger partial charge on any atom is -0.357 e. The van der Waals surface area contributed by atoms with Gasteiger partial charge in [-0.2, -0.15) is 9.97 Å². The van der Waals surface area contributed by atoms with Crippen molar-refractivity contribution in [3.8, 4) is 0 Å². The van der Waals surface area contributed by atoms with Gasteiger partial charge in [-0.25, -0.2) is 4.98 Å². The van der Waals surface area contributed by atoms with Gasteiger partial charge in [0, 0.05) is 19.6 Å². The Kier molecular flexibility index (Phi) is 3.00. The third kappa shape index (κ3) is 2.34. The predicted molar refractivity (Wildman–Crippen MR) is 76.4 cm³/mol. The number of anilines is 2. The minimum absolute atomic E-state index is 0.409. The molecule has 1 aliphatic rings. The number of fused-ring (bicyclic) bond motifs is 1. The lowest BCUT2D eigenvalue weighted by atomic mass is 10.2. The monoisotopic (exact) mass is 260 g/mol. The summed E-state index contributed by atoms with van der Waals surface area (Å²) in [5.74, 6) is 2.39. The first-order chi connectivity index (χ1) is 9.19. The molecule has 0 bridgehead atoms. The van der Waals surface area contributed by atoms with Gasteiger partial charge >= 0.3 is 0 Å². The molecule has 2 aromatic rings. The molecular weight excluding hydrogens is 240 g/mol. The number of H-pyrrole nitrogens is 1. The summed E-state index contributed by atoms with van der Waals surface area (Å²) in [7, 11) is 1.83. The second kappa shape index (κ2) is 4.68. The van der Waals surface area contributed by atoms with Crippen molar-refractivity contribution in [3.05, 3.63) is 6.33 Å². The molecule has 0 amide bonds. The molecule has 1 saturated carbocycles. The maximum absolute atomic E-state index is 4.63. The first kappa shape index (κ1) is 12.2. The second-order valence-corrected chi connectivity index (χ2v) is 5.41. The highest BCUT2D eigenvalue weighted by molar-refractivity contribution is 5.84. The Hall–Kier alpha value is -1.85. The Labute approximate surface area is 112 Å². The minimum atomic E-state index is 0.409. The summed E-state index contributed by atoms with van der Waals surface area (Å²) in [5.41, 5.74) is 1.64. The Balaban J connectivity index is 2.06. The first-order valence-corrected chi connectivity index (χ1v) is 6.84. The fourth-order valence-electron chi connectivity index (χ4n) is 2.26. The normalized spacial score (nSPS) is 15.2. The molecule has 0 aromatic carbocycles. The van der Waals surface area contributed by atoms with Crippen molar-refractivity contribution in [2.45, 2.75) is 32.7 Å². The van der Waals surface area contributed by atoms with Crippen LogP contribution in [0.3, 0.4) is 0 Å². The molecule has 2 heterocycles. The van der Waals surface area contributed by atoms with Gasteiger partial charge in [-0.05, 0) is 32.6 Å². The molecule has 0 saturated heterocycles. The smallest absolute Gasteiger partial charge is 0.226 e. The van der Waals surface area contributed by atoms with Crippen LogP contribution in [-0.2, 0) is 0 Å². The number of imidazole rings is 1. The number of nitrogens with one attached hydrogen (secondary N) is 2. The highest BCUT2D eigenvalue weighted by Gasteiger charge is 2.28. The van der Waals surface area contributed by atoms with Crippen molar-refractivity contribution < 1.29 is 0 Å². The maximum Gasteiger partial charge on any atom is 0.226 e. The average molecular weight is 260 g/mol. The number of hydrogen-bond donors (Lipinski definition) is 2. The summed E-state index contributed by atoms with van der Waals surface area (Å²) in [6.07, 6.45) is 4.34. The SMILES string of the molecule is CNc1nc(N(CC2CC2)C(C)C)c2[nH]cnc2n1. The van der Waals surface area contributed by atoms with E-state index in [1.165, 1.54) is 12.8 Å². The molecule has 2 N–H and O–H groups in total. The molecule has 19 heavy (non-hydrogen) atoms. The van der Waals surface area contributed by atoms with Gasteiger partial charge in [0.15, 0.2) is 11.5 Å². The van der Waals surface area contributed by atoms with E-state index in [2.05, 4.69) is 44.0 Å². The molecule has 0 spiro atoms. The van der Waals surface area contributed by atoms with Crippen LogP contribution in [0.5, 0.6) is 0 Å². The van der Waals surface area contributed by atoms with Crippen LogP contribution in [0.4, 0.5) is 11.8 Å². The summed E-state index contributed by atoms with van der Waals surface area (Å²) in [4.78, 5) is 18.7. The standard InChI is InChI=1S/C13H20N6/c1-8(2)19(6-9-4-5-9)12-10-11(16-7-15-10)17-13(14-3)18-12/h7-9H,4-6H2,1-3H3,(H2,14,15,16,17,18). The van der Waals surface area contributed by atoms with Gasteiger partial charge in [0.2, 0.25) is 5.95 Å². The van der Waals surface area contributed by atoms with Crippen LogP contribution in [0, 0.1) is 5.92 Å². The molecule has 6 heteroatoms. The topological polar surface area (TPSA) is 69.7 Å². The molecule has 0 aliphatic heterocycles. The van der Waals surface area contributed by atoms with Gasteiger partial charge in [-0.3, -0.25) is 0 Å². The molecule has 0 radical (unpaired) electrons. The van der Waals surface area contributed by atoms with Crippen molar-refractivity contribution in [2.24, 2.45) is 5.92 Å². The number of nitrogens with zero attached hydrogens (tertiary/aromatic N) is 4. The Morgan fingerprint density at radius 3 is 2.84 bits per heavy atom. The van der Waals surface area contributed by atoms with Gasteiger partial charge in [-0.15, -0.1) is 0 Å². The van der Waals surface area contributed by atoms with E-state index in [-0.39, 0.29) is 0 Å². The Bertz CT molecular complexity index is 572.